The summed E-state index contributed by atoms with van der Waals surface area (Å²) in [6.07, 6.45) is 0. The van der Waals surface area contributed by atoms with E-state index in [4.69, 9.17) is 9.47 Å². The monoisotopic (exact) mass is 393 g/mol. The number of nitrogens with zero attached hydrogens (tertiary/aromatic N) is 2. The average molecular weight is 394 g/mol. The third kappa shape index (κ3) is 4.92. The van der Waals surface area contributed by atoms with Crippen molar-refractivity contribution in [3.05, 3.63) is 45.8 Å². The maximum absolute atomic E-state index is 5.42. The molecule has 0 radical (unpaired) electrons. The van der Waals surface area contributed by atoms with Crippen molar-refractivity contribution in [1.29, 1.82) is 0 Å². The molecular formula is C18H24BrN3O2. The van der Waals surface area contributed by atoms with E-state index in [0.717, 1.165) is 33.1 Å². The molecule has 1 aromatic carbocycles. The zero-order valence-corrected chi connectivity index (χ0v) is 16.4. The Morgan fingerprint density at radius 2 is 1.88 bits per heavy atom. The minimum atomic E-state index is -0.131. The van der Waals surface area contributed by atoms with Crippen LogP contribution in [0.25, 0.3) is 0 Å². The van der Waals surface area contributed by atoms with Crippen molar-refractivity contribution < 1.29 is 9.47 Å². The molecule has 0 bridgehead atoms. The highest BCUT2D eigenvalue weighted by molar-refractivity contribution is 9.10. The van der Waals surface area contributed by atoms with Gasteiger partial charge in [0.1, 0.15) is 17.4 Å². The molecule has 1 N–H and O–H groups in total. The molecule has 0 spiro atoms. The first kappa shape index (κ1) is 18.7. The molecule has 130 valence electrons. The first-order chi connectivity index (χ1) is 11.3. The molecule has 0 saturated carbocycles. The molecule has 0 unspecified atom stereocenters. The highest BCUT2D eigenvalue weighted by Gasteiger charge is 2.19. The van der Waals surface area contributed by atoms with E-state index < -0.39 is 0 Å². The summed E-state index contributed by atoms with van der Waals surface area (Å²) >= 11 is 3.50. The predicted molar refractivity (Wildman–Crippen MR) is 99.5 cm³/mol. The van der Waals surface area contributed by atoms with E-state index in [-0.39, 0.29) is 5.41 Å². The minimum absolute atomic E-state index is 0.131. The Labute approximate surface area is 151 Å². The van der Waals surface area contributed by atoms with Gasteiger partial charge in [-0.1, -0.05) is 36.7 Å². The molecule has 0 aliphatic carbocycles. The summed E-state index contributed by atoms with van der Waals surface area (Å²) in [7, 11) is 3.34. The number of anilines is 1. The van der Waals surface area contributed by atoms with Gasteiger partial charge in [-0.3, -0.25) is 0 Å². The second-order valence-electron chi connectivity index (χ2n) is 6.56. The fourth-order valence-corrected chi connectivity index (χ4v) is 2.62. The van der Waals surface area contributed by atoms with Crippen molar-refractivity contribution in [2.24, 2.45) is 0 Å². The van der Waals surface area contributed by atoms with Crippen LogP contribution in [0.15, 0.2) is 28.7 Å². The second-order valence-corrected chi connectivity index (χ2v) is 7.48. The number of benzene rings is 1. The van der Waals surface area contributed by atoms with Crippen molar-refractivity contribution in [2.45, 2.75) is 39.3 Å². The summed E-state index contributed by atoms with van der Waals surface area (Å²) in [5.74, 6) is 2.41. The van der Waals surface area contributed by atoms with Crippen LogP contribution in [0.2, 0.25) is 0 Å². The molecule has 6 heteroatoms. The van der Waals surface area contributed by atoms with Gasteiger partial charge in [0.2, 0.25) is 0 Å². The third-order valence-electron chi connectivity index (χ3n) is 3.44. The molecule has 5 nitrogen and oxygen atoms in total. The number of hydrogen-bond acceptors (Lipinski definition) is 5. The van der Waals surface area contributed by atoms with Gasteiger partial charge >= 0.3 is 0 Å². The predicted octanol–water partition coefficient (Wildman–Crippen LogP) is 4.30. The summed E-state index contributed by atoms with van der Waals surface area (Å²) in [6.45, 7) is 7.36. The summed E-state index contributed by atoms with van der Waals surface area (Å²) in [4.78, 5) is 9.24. The summed E-state index contributed by atoms with van der Waals surface area (Å²) in [6, 6.07) is 7.86. The van der Waals surface area contributed by atoms with Crippen molar-refractivity contribution >= 4 is 21.7 Å². The number of halogens is 1. The highest BCUT2D eigenvalue weighted by Crippen LogP contribution is 2.25. The molecule has 0 aliphatic rings. The lowest BCUT2D eigenvalue weighted by Crippen LogP contribution is -2.18. The number of methoxy groups -OCH3 is 2. The van der Waals surface area contributed by atoms with E-state index in [2.05, 4.69) is 52.0 Å². The number of ether oxygens (including phenoxy) is 2. The van der Waals surface area contributed by atoms with Crippen molar-refractivity contribution in [1.82, 2.24) is 9.97 Å². The van der Waals surface area contributed by atoms with Crippen molar-refractivity contribution in [3.63, 3.8) is 0 Å². The highest BCUT2D eigenvalue weighted by atomic mass is 79.9. The Hall–Kier alpha value is -1.66. The quantitative estimate of drug-likeness (QED) is 0.792. The van der Waals surface area contributed by atoms with Crippen LogP contribution in [-0.4, -0.2) is 24.2 Å². The smallest absolute Gasteiger partial charge is 0.136 e. The summed E-state index contributed by atoms with van der Waals surface area (Å²) in [5, 5.41) is 3.37. The summed E-state index contributed by atoms with van der Waals surface area (Å²) in [5.41, 5.74) is 1.78. The maximum atomic E-state index is 5.42. The van der Waals surface area contributed by atoms with Gasteiger partial charge in [0.15, 0.2) is 0 Å². The molecule has 0 fully saturated rings. The maximum Gasteiger partial charge on any atom is 0.136 e. The van der Waals surface area contributed by atoms with E-state index in [1.54, 1.807) is 14.2 Å². The number of nitrogens with one attached hydrogen (secondary N) is 1. The van der Waals surface area contributed by atoms with Crippen molar-refractivity contribution in [2.75, 3.05) is 19.5 Å². The molecule has 0 aliphatic heterocycles. The lowest BCUT2D eigenvalue weighted by Gasteiger charge is -2.19. The van der Waals surface area contributed by atoms with Crippen LogP contribution in [0.1, 0.15) is 37.9 Å². The van der Waals surface area contributed by atoms with Gasteiger partial charge in [-0.15, -0.1) is 0 Å². The van der Waals surface area contributed by atoms with E-state index >= 15 is 0 Å². The Balaban J connectivity index is 2.26. The van der Waals surface area contributed by atoms with Gasteiger partial charge in [0, 0.05) is 35.2 Å². The Kier molecular flexibility index (Phi) is 6.18. The van der Waals surface area contributed by atoms with Crippen molar-refractivity contribution in [3.8, 4) is 5.75 Å². The number of rotatable bonds is 6. The average Bonchev–Trinajstić information content (AvgIpc) is 2.52. The third-order valence-corrected chi connectivity index (χ3v) is 3.94. The zero-order valence-electron chi connectivity index (χ0n) is 14.8. The molecule has 1 aromatic heterocycles. The number of hydrogen-bond donors (Lipinski definition) is 1. The Morgan fingerprint density at radius 3 is 2.50 bits per heavy atom. The van der Waals surface area contributed by atoms with Crippen LogP contribution in [0.5, 0.6) is 5.75 Å². The van der Waals surface area contributed by atoms with E-state index in [0.29, 0.717) is 13.2 Å². The number of aromatic nitrogens is 2. The first-order valence-corrected chi connectivity index (χ1v) is 8.56. The van der Waals surface area contributed by atoms with Crippen LogP contribution >= 0.6 is 15.9 Å². The standard InChI is InChI=1S/C18H24BrN3O2/c1-18(2,3)17-21-14(11-23-4)9-16(22-17)20-10-12-8-13(19)6-7-15(12)24-5/h6-9H,10-11H2,1-5H3,(H,20,21,22). The summed E-state index contributed by atoms with van der Waals surface area (Å²) < 4.78 is 11.6. The van der Waals surface area contributed by atoms with Gasteiger partial charge in [0.05, 0.1) is 19.4 Å². The molecule has 0 saturated heterocycles. The zero-order chi connectivity index (χ0) is 17.7. The van der Waals surface area contributed by atoms with Crippen LogP contribution in [0.3, 0.4) is 0 Å². The molecule has 0 atom stereocenters. The Morgan fingerprint density at radius 1 is 1.12 bits per heavy atom. The first-order valence-electron chi connectivity index (χ1n) is 7.77. The van der Waals surface area contributed by atoms with E-state index in [1.165, 1.54) is 0 Å². The van der Waals surface area contributed by atoms with Gasteiger partial charge in [-0.05, 0) is 18.2 Å². The van der Waals surface area contributed by atoms with Gasteiger partial charge in [-0.25, -0.2) is 9.97 Å². The normalized spacial score (nSPS) is 11.4. The van der Waals surface area contributed by atoms with Crippen LogP contribution in [-0.2, 0) is 23.3 Å². The lowest BCUT2D eigenvalue weighted by atomic mass is 9.95. The molecular weight excluding hydrogens is 370 g/mol. The van der Waals surface area contributed by atoms with Gasteiger partial charge in [0.25, 0.3) is 0 Å². The SMILES string of the molecule is COCc1cc(NCc2cc(Br)ccc2OC)nc(C(C)(C)C)n1. The fraction of sp³-hybridized carbons (Fsp3) is 0.444. The van der Waals surface area contributed by atoms with E-state index in [9.17, 15) is 0 Å². The van der Waals surface area contributed by atoms with Crippen LogP contribution < -0.4 is 10.1 Å². The molecule has 2 rings (SSSR count). The lowest BCUT2D eigenvalue weighted by molar-refractivity contribution is 0.181. The Bertz CT molecular complexity index is 699. The molecule has 0 amide bonds. The molecule has 1 heterocycles. The molecule has 24 heavy (non-hydrogen) atoms. The second kappa shape index (κ2) is 7.94. The van der Waals surface area contributed by atoms with Crippen LogP contribution in [0, 0.1) is 0 Å². The van der Waals surface area contributed by atoms with Crippen LogP contribution in [0.4, 0.5) is 5.82 Å². The van der Waals surface area contributed by atoms with Gasteiger partial charge in [-0.2, -0.15) is 0 Å². The largest absolute Gasteiger partial charge is 0.496 e. The fourth-order valence-electron chi connectivity index (χ4n) is 2.22. The minimum Gasteiger partial charge on any atom is -0.496 e. The van der Waals surface area contributed by atoms with Gasteiger partial charge < -0.3 is 14.8 Å². The molecule has 2 aromatic rings. The van der Waals surface area contributed by atoms with E-state index in [1.807, 2.05) is 24.3 Å². The topological polar surface area (TPSA) is 56.3 Å².